The van der Waals surface area contributed by atoms with Crippen molar-refractivity contribution in [2.75, 3.05) is 72.1 Å². The zero-order valence-electron chi connectivity index (χ0n) is 20.4. The van der Waals surface area contributed by atoms with Gasteiger partial charge < -0.3 is 24.4 Å². The van der Waals surface area contributed by atoms with Crippen molar-refractivity contribution >= 4 is 29.9 Å². The number of ether oxygens (including phenoxy) is 1. The molecule has 1 atom stereocenters. The summed E-state index contributed by atoms with van der Waals surface area (Å²) in [6.45, 7) is 18.5. The van der Waals surface area contributed by atoms with Crippen LogP contribution in [-0.2, 0) is 18.3 Å². The summed E-state index contributed by atoms with van der Waals surface area (Å²) in [6, 6.07) is 0. The van der Waals surface area contributed by atoms with Crippen LogP contribution in [0.2, 0.25) is 0 Å². The Morgan fingerprint density at radius 3 is 2.59 bits per heavy atom. The molecule has 184 valence electrons. The fourth-order valence-electron chi connectivity index (χ4n) is 4.35. The average molecular weight is 563 g/mol. The molecule has 2 aliphatic rings. The monoisotopic (exact) mass is 562 g/mol. The molecule has 0 bridgehead atoms. The Morgan fingerprint density at radius 2 is 1.94 bits per heavy atom. The Bertz CT molecular complexity index is 687. The normalized spacial score (nSPS) is 20.1. The highest BCUT2D eigenvalue weighted by molar-refractivity contribution is 14.0. The first-order valence-electron chi connectivity index (χ1n) is 12.0. The lowest BCUT2D eigenvalue weighted by molar-refractivity contribution is 0.0375. The average Bonchev–Trinajstić information content (AvgIpc) is 3.39. The van der Waals surface area contributed by atoms with E-state index >= 15 is 0 Å². The molecule has 0 spiro atoms. The first kappa shape index (κ1) is 27.3. The zero-order valence-corrected chi connectivity index (χ0v) is 22.8. The van der Waals surface area contributed by atoms with E-state index in [2.05, 4.69) is 44.1 Å². The minimum absolute atomic E-state index is 0. The number of nitrogens with one attached hydrogen (secondary N) is 1. The lowest BCUT2D eigenvalue weighted by Crippen LogP contribution is -2.42. The number of halogens is 1. The number of nitrogens with zero attached hydrogens (tertiary/aromatic N) is 7. The first-order chi connectivity index (χ1) is 15.1. The molecule has 0 radical (unpaired) electrons. The molecular weight excluding hydrogens is 519 g/mol. The highest BCUT2D eigenvalue weighted by Gasteiger charge is 2.26. The molecule has 1 unspecified atom stereocenters. The van der Waals surface area contributed by atoms with E-state index in [0.29, 0.717) is 12.5 Å². The molecule has 1 aromatic rings. The molecule has 2 fully saturated rings. The third kappa shape index (κ3) is 8.11. The van der Waals surface area contributed by atoms with Crippen molar-refractivity contribution < 1.29 is 4.74 Å². The zero-order chi connectivity index (χ0) is 22.1. The molecule has 2 aliphatic heterocycles. The Morgan fingerprint density at radius 1 is 1.19 bits per heavy atom. The molecule has 32 heavy (non-hydrogen) atoms. The molecule has 2 saturated heterocycles. The molecule has 0 amide bonds. The SMILES string of the molecule is CCN(CC)CC1CCN(C(=NCc2nnc(C)n2C)NCCCN2CCOCC2)C1.I. The number of likely N-dealkylation sites (tertiary alicyclic amines) is 1. The van der Waals surface area contributed by atoms with Gasteiger partial charge in [0.1, 0.15) is 12.4 Å². The number of rotatable bonds is 10. The smallest absolute Gasteiger partial charge is 0.194 e. The molecule has 3 heterocycles. The molecule has 0 aliphatic carbocycles. The van der Waals surface area contributed by atoms with Crippen molar-refractivity contribution in [3.8, 4) is 0 Å². The van der Waals surface area contributed by atoms with E-state index in [1.165, 1.54) is 13.0 Å². The Labute approximate surface area is 211 Å². The molecule has 1 N–H and O–H groups in total. The van der Waals surface area contributed by atoms with Crippen LogP contribution < -0.4 is 5.32 Å². The van der Waals surface area contributed by atoms with Gasteiger partial charge in [-0.15, -0.1) is 34.2 Å². The standard InChI is InChI=1S/C22H42N8O.HI/c1-5-28(6-2)17-20-8-11-30(18-20)22(24-16-21-26-25-19(3)27(21)4)23-9-7-10-29-12-14-31-15-13-29;/h20H,5-18H2,1-4H3,(H,23,24);1H. The van der Waals surface area contributed by atoms with E-state index in [-0.39, 0.29) is 24.0 Å². The first-order valence-corrected chi connectivity index (χ1v) is 12.0. The fraction of sp³-hybridized carbons (Fsp3) is 0.864. The van der Waals surface area contributed by atoms with E-state index in [9.17, 15) is 0 Å². The van der Waals surface area contributed by atoms with Gasteiger partial charge in [-0.05, 0) is 45.3 Å². The summed E-state index contributed by atoms with van der Waals surface area (Å²) in [7, 11) is 2.01. The highest BCUT2D eigenvalue weighted by Crippen LogP contribution is 2.18. The summed E-state index contributed by atoms with van der Waals surface area (Å²) in [5.74, 6) is 3.55. The molecule has 9 nitrogen and oxygen atoms in total. The summed E-state index contributed by atoms with van der Waals surface area (Å²) in [5.41, 5.74) is 0. The van der Waals surface area contributed by atoms with Gasteiger partial charge in [-0.2, -0.15) is 0 Å². The lowest BCUT2D eigenvalue weighted by Gasteiger charge is -2.27. The van der Waals surface area contributed by atoms with Crippen LogP contribution in [0.1, 0.15) is 38.3 Å². The van der Waals surface area contributed by atoms with Crippen LogP contribution in [0.4, 0.5) is 0 Å². The number of guanidine groups is 1. The van der Waals surface area contributed by atoms with E-state index in [1.54, 1.807) is 0 Å². The number of hydrogen-bond donors (Lipinski definition) is 1. The van der Waals surface area contributed by atoms with Gasteiger partial charge in [0.25, 0.3) is 0 Å². The quantitative estimate of drug-likeness (QED) is 0.201. The van der Waals surface area contributed by atoms with E-state index in [1.807, 2.05) is 18.5 Å². The topological polar surface area (TPSA) is 74.1 Å². The number of aromatic nitrogens is 3. The fourth-order valence-corrected chi connectivity index (χ4v) is 4.35. The predicted molar refractivity (Wildman–Crippen MR) is 140 cm³/mol. The lowest BCUT2D eigenvalue weighted by atomic mass is 10.1. The maximum atomic E-state index is 5.45. The van der Waals surface area contributed by atoms with Gasteiger partial charge in [-0.1, -0.05) is 13.8 Å². The maximum Gasteiger partial charge on any atom is 0.194 e. The van der Waals surface area contributed by atoms with E-state index in [4.69, 9.17) is 9.73 Å². The van der Waals surface area contributed by atoms with Gasteiger partial charge >= 0.3 is 0 Å². The van der Waals surface area contributed by atoms with Crippen molar-refractivity contribution in [2.24, 2.45) is 18.0 Å². The van der Waals surface area contributed by atoms with Crippen molar-refractivity contribution in [3.63, 3.8) is 0 Å². The number of morpholine rings is 1. The molecule has 0 saturated carbocycles. The van der Waals surface area contributed by atoms with Crippen LogP contribution in [0, 0.1) is 12.8 Å². The highest BCUT2D eigenvalue weighted by atomic mass is 127. The third-order valence-electron chi connectivity index (χ3n) is 6.59. The maximum absolute atomic E-state index is 5.45. The van der Waals surface area contributed by atoms with Crippen LogP contribution in [-0.4, -0.2) is 108 Å². The van der Waals surface area contributed by atoms with Crippen molar-refractivity contribution in [1.29, 1.82) is 0 Å². The van der Waals surface area contributed by atoms with Gasteiger partial charge in [-0.3, -0.25) is 4.90 Å². The van der Waals surface area contributed by atoms with Gasteiger partial charge in [-0.25, -0.2) is 4.99 Å². The second kappa shape index (κ2) is 14.3. The van der Waals surface area contributed by atoms with Crippen LogP contribution >= 0.6 is 24.0 Å². The van der Waals surface area contributed by atoms with Gasteiger partial charge in [0.2, 0.25) is 0 Å². The summed E-state index contributed by atoms with van der Waals surface area (Å²) < 4.78 is 7.47. The van der Waals surface area contributed by atoms with E-state index in [0.717, 1.165) is 89.6 Å². The van der Waals surface area contributed by atoms with Crippen molar-refractivity contribution in [1.82, 2.24) is 34.8 Å². The Balaban J connectivity index is 0.00000363. The van der Waals surface area contributed by atoms with Crippen molar-refractivity contribution in [3.05, 3.63) is 11.6 Å². The van der Waals surface area contributed by atoms with Crippen LogP contribution in [0.15, 0.2) is 4.99 Å². The molecule has 3 rings (SSSR count). The summed E-state index contributed by atoms with van der Waals surface area (Å²) >= 11 is 0. The second-order valence-corrected chi connectivity index (χ2v) is 8.68. The Kier molecular flexibility index (Phi) is 12.2. The third-order valence-corrected chi connectivity index (χ3v) is 6.59. The molecule has 10 heteroatoms. The van der Waals surface area contributed by atoms with Gasteiger partial charge in [0.05, 0.1) is 13.2 Å². The summed E-state index contributed by atoms with van der Waals surface area (Å²) in [6.07, 6.45) is 2.34. The predicted octanol–water partition coefficient (Wildman–Crippen LogP) is 1.57. The minimum atomic E-state index is 0. The number of aryl methyl sites for hydroxylation is 1. The van der Waals surface area contributed by atoms with Crippen LogP contribution in [0.25, 0.3) is 0 Å². The number of hydrogen-bond acceptors (Lipinski definition) is 6. The summed E-state index contributed by atoms with van der Waals surface area (Å²) in [5, 5.41) is 12.1. The van der Waals surface area contributed by atoms with Crippen LogP contribution in [0.5, 0.6) is 0 Å². The van der Waals surface area contributed by atoms with Gasteiger partial charge in [0.15, 0.2) is 11.8 Å². The van der Waals surface area contributed by atoms with E-state index < -0.39 is 0 Å². The second-order valence-electron chi connectivity index (χ2n) is 8.68. The number of aliphatic imine (C=N–C) groups is 1. The van der Waals surface area contributed by atoms with Crippen molar-refractivity contribution in [2.45, 2.75) is 40.2 Å². The molecule has 1 aromatic heterocycles. The summed E-state index contributed by atoms with van der Waals surface area (Å²) in [4.78, 5) is 12.4. The Hall–Kier alpha value is -0.980. The largest absolute Gasteiger partial charge is 0.379 e. The van der Waals surface area contributed by atoms with Gasteiger partial charge in [0, 0.05) is 46.3 Å². The molecule has 0 aromatic carbocycles. The van der Waals surface area contributed by atoms with Crippen LogP contribution in [0.3, 0.4) is 0 Å². The molecular formula is C22H43IN8O. The minimum Gasteiger partial charge on any atom is -0.379 e.